The molecule has 0 heterocycles. The summed E-state index contributed by atoms with van der Waals surface area (Å²) in [6.07, 6.45) is 1.37. The molecular formula is C17H17NO2. The molecule has 0 atom stereocenters. The second-order valence-electron chi connectivity index (χ2n) is 4.96. The molecule has 0 bridgehead atoms. The van der Waals surface area contributed by atoms with E-state index in [2.05, 4.69) is 52.5 Å². The quantitative estimate of drug-likeness (QED) is 0.737. The zero-order valence-electron chi connectivity index (χ0n) is 11.5. The van der Waals surface area contributed by atoms with Crippen molar-refractivity contribution >= 4 is 11.7 Å². The molecule has 1 aliphatic rings. The maximum absolute atomic E-state index is 11.1. The van der Waals surface area contributed by atoms with Gasteiger partial charge in [-0.05, 0) is 40.8 Å². The monoisotopic (exact) mass is 267 g/mol. The largest absolute Gasteiger partial charge is 0.469 e. The minimum atomic E-state index is -0.189. The van der Waals surface area contributed by atoms with Crippen LogP contribution in [0.1, 0.15) is 17.5 Å². The molecule has 0 spiro atoms. The van der Waals surface area contributed by atoms with Crippen molar-refractivity contribution in [1.29, 1.82) is 0 Å². The summed E-state index contributed by atoms with van der Waals surface area (Å²) in [5, 5.41) is 3.27. The van der Waals surface area contributed by atoms with Gasteiger partial charge in [-0.15, -0.1) is 0 Å². The van der Waals surface area contributed by atoms with E-state index in [1.54, 1.807) is 0 Å². The summed E-state index contributed by atoms with van der Waals surface area (Å²) in [7, 11) is 1.41. The Morgan fingerprint density at radius 3 is 2.80 bits per heavy atom. The van der Waals surface area contributed by atoms with Crippen LogP contribution < -0.4 is 5.32 Å². The summed E-state index contributed by atoms with van der Waals surface area (Å²) in [6, 6.07) is 14.9. The number of ether oxygens (including phenoxy) is 1. The highest BCUT2D eigenvalue weighted by molar-refractivity contribution is 5.78. The second kappa shape index (κ2) is 5.37. The van der Waals surface area contributed by atoms with E-state index in [4.69, 9.17) is 0 Å². The topological polar surface area (TPSA) is 38.3 Å². The number of nitrogens with one attached hydrogen (secondary N) is 1. The Morgan fingerprint density at radius 1 is 1.15 bits per heavy atom. The van der Waals surface area contributed by atoms with Gasteiger partial charge in [0.1, 0.15) is 0 Å². The van der Waals surface area contributed by atoms with Gasteiger partial charge in [0, 0.05) is 12.2 Å². The zero-order chi connectivity index (χ0) is 13.9. The average molecular weight is 267 g/mol. The minimum absolute atomic E-state index is 0.189. The summed E-state index contributed by atoms with van der Waals surface area (Å²) in [4.78, 5) is 11.1. The Bertz CT molecular complexity index is 649. The standard InChI is InChI=1S/C17H17NO2/c1-20-17(19)8-9-18-14-6-7-16-13(11-14)10-12-4-2-3-5-15(12)16/h2-7,11,18H,8-10H2,1H3. The molecule has 0 unspecified atom stereocenters. The fourth-order valence-corrected chi connectivity index (χ4v) is 2.67. The van der Waals surface area contributed by atoms with Crippen molar-refractivity contribution in [2.45, 2.75) is 12.8 Å². The Labute approximate surface area is 118 Å². The van der Waals surface area contributed by atoms with Crippen LogP contribution in [0.5, 0.6) is 0 Å². The molecule has 2 aromatic rings. The van der Waals surface area contributed by atoms with Crippen molar-refractivity contribution in [1.82, 2.24) is 0 Å². The molecule has 2 aromatic carbocycles. The van der Waals surface area contributed by atoms with E-state index in [1.165, 1.54) is 29.4 Å². The van der Waals surface area contributed by atoms with E-state index < -0.39 is 0 Å². The molecule has 20 heavy (non-hydrogen) atoms. The first-order valence-corrected chi connectivity index (χ1v) is 6.80. The van der Waals surface area contributed by atoms with Crippen molar-refractivity contribution in [3.05, 3.63) is 53.6 Å². The third-order valence-electron chi connectivity index (χ3n) is 3.68. The van der Waals surface area contributed by atoms with Crippen molar-refractivity contribution in [3.63, 3.8) is 0 Å². The van der Waals surface area contributed by atoms with Crippen LogP contribution in [-0.4, -0.2) is 19.6 Å². The van der Waals surface area contributed by atoms with Gasteiger partial charge in [0.05, 0.1) is 13.5 Å². The van der Waals surface area contributed by atoms with Gasteiger partial charge in [-0.3, -0.25) is 4.79 Å². The molecule has 0 aliphatic heterocycles. The SMILES string of the molecule is COC(=O)CCNc1ccc2c(c1)Cc1ccccc1-2. The molecule has 3 rings (SSSR count). The fraction of sp³-hybridized carbons (Fsp3) is 0.235. The predicted molar refractivity (Wildman–Crippen MR) is 79.8 cm³/mol. The smallest absolute Gasteiger partial charge is 0.307 e. The highest BCUT2D eigenvalue weighted by Crippen LogP contribution is 2.37. The minimum Gasteiger partial charge on any atom is -0.469 e. The van der Waals surface area contributed by atoms with Gasteiger partial charge in [0.2, 0.25) is 0 Å². The maximum atomic E-state index is 11.1. The van der Waals surface area contributed by atoms with Gasteiger partial charge in [0.15, 0.2) is 0 Å². The molecule has 0 aromatic heterocycles. The Hall–Kier alpha value is -2.29. The average Bonchev–Trinajstić information content (AvgIpc) is 2.84. The van der Waals surface area contributed by atoms with E-state index in [1.807, 2.05) is 0 Å². The molecule has 0 amide bonds. The van der Waals surface area contributed by atoms with Crippen LogP contribution in [0, 0.1) is 0 Å². The third kappa shape index (κ3) is 2.39. The Balaban J connectivity index is 1.72. The number of carbonyl (C=O) groups is 1. The van der Waals surface area contributed by atoms with Crippen LogP contribution >= 0.6 is 0 Å². The summed E-state index contributed by atoms with van der Waals surface area (Å²) in [5.41, 5.74) is 6.44. The molecule has 0 saturated carbocycles. The number of methoxy groups -OCH3 is 1. The zero-order valence-corrected chi connectivity index (χ0v) is 11.5. The van der Waals surface area contributed by atoms with Crippen molar-refractivity contribution < 1.29 is 9.53 Å². The molecule has 0 radical (unpaired) electrons. The summed E-state index contributed by atoms with van der Waals surface area (Å²) < 4.78 is 4.63. The lowest BCUT2D eigenvalue weighted by atomic mass is 10.1. The summed E-state index contributed by atoms with van der Waals surface area (Å²) >= 11 is 0. The van der Waals surface area contributed by atoms with Crippen LogP contribution in [-0.2, 0) is 16.0 Å². The number of carbonyl (C=O) groups excluding carboxylic acids is 1. The highest BCUT2D eigenvalue weighted by Gasteiger charge is 2.17. The first-order valence-electron chi connectivity index (χ1n) is 6.80. The number of fused-ring (bicyclic) bond motifs is 3. The first kappa shape index (κ1) is 12.7. The lowest BCUT2D eigenvalue weighted by Crippen LogP contribution is -2.09. The van der Waals surface area contributed by atoms with E-state index in [-0.39, 0.29) is 5.97 Å². The number of hydrogen-bond donors (Lipinski definition) is 1. The van der Waals surface area contributed by atoms with Gasteiger partial charge < -0.3 is 10.1 Å². The molecular weight excluding hydrogens is 250 g/mol. The van der Waals surface area contributed by atoms with Gasteiger partial charge in [0.25, 0.3) is 0 Å². The number of rotatable bonds is 4. The number of anilines is 1. The molecule has 3 nitrogen and oxygen atoms in total. The lowest BCUT2D eigenvalue weighted by Gasteiger charge is -2.08. The van der Waals surface area contributed by atoms with Crippen molar-refractivity contribution in [2.75, 3.05) is 19.0 Å². The predicted octanol–water partition coefficient (Wildman–Crippen LogP) is 3.23. The lowest BCUT2D eigenvalue weighted by molar-refractivity contribution is -0.140. The molecule has 1 N–H and O–H groups in total. The maximum Gasteiger partial charge on any atom is 0.307 e. The van der Waals surface area contributed by atoms with Crippen LogP contribution in [0.2, 0.25) is 0 Å². The van der Waals surface area contributed by atoms with Crippen LogP contribution in [0.25, 0.3) is 11.1 Å². The molecule has 102 valence electrons. The number of benzene rings is 2. The number of esters is 1. The normalized spacial score (nSPS) is 11.7. The number of hydrogen-bond acceptors (Lipinski definition) is 3. The van der Waals surface area contributed by atoms with Crippen molar-refractivity contribution in [2.24, 2.45) is 0 Å². The molecule has 1 aliphatic carbocycles. The van der Waals surface area contributed by atoms with Crippen LogP contribution in [0.15, 0.2) is 42.5 Å². The second-order valence-corrected chi connectivity index (χ2v) is 4.96. The van der Waals surface area contributed by atoms with E-state index in [0.29, 0.717) is 13.0 Å². The van der Waals surface area contributed by atoms with E-state index >= 15 is 0 Å². The Morgan fingerprint density at radius 2 is 1.95 bits per heavy atom. The third-order valence-corrected chi connectivity index (χ3v) is 3.68. The van der Waals surface area contributed by atoms with Crippen molar-refractivity contribution in [3.8, 4) is 11.1 Å². The summed E-state index contributed by atoms with van der Waals surface area (Å²) in [6.45, 7) is 0.596. The Kier molecular flexibility index (Phi) is 3.42. The molecule has 3 heteroatoms. The van der Waals surface area contributed by atoms with Gasteiger partial charge in [-0.2, -0.15) is 0 Å². The fourth-order valence-electron chi connectivity index (χ4n) is 2.67. The first-order chi connectivity index (χ1) is 9.78. The van der Waals surface area contributed by atoms with E-state index in [0.717, 1.165) is 12.1 Å². The summed E-state index contributed by atoms with van der Waals surface area (Å²) in [5.74, 6) is -0.189. The van der Waals surface area contributed by atoms with Crippen LogP contribution in [0.4, 0.5) is 5.69 Å². The van der Waals surface area contributed by atoms with Gasteiger partial charge in [-0.25, -0.2) is 0 Å². The van der Waals surface area contributed by atoms with Gasteiger partial charge >= 0.3 is 5.97 Å². The van der Waals surface area contributed by atoms with E-state index in [9.17, 15) is 4.79 Å². The highest BCUT2D eigenvalue weighted by atomic mass is 16.5. The molecule has 0 fully saturated rings. The van der Waals surface area contributed by atoms with Crippen LogP contribution in [0.3, 0.4) is 0 Å². The molecule has 0 saturated heterocycles. The van der Waals surface area contributed by atoms with Gasteiger partial charge in [-0.1, -0.05) is 30.3 Å².